The number of fused-ring (bicyclic) bond motifs is 1. The fraction of sp³-hybridized carbons (Fsp3) is 0.750. The van der Waals surface area contributed by atoms with Crippen LogP contribution in [0.3, 0.4) is 0 Å². The van der Waals surface area contributed by atoms with Crippen molar-refractivity contribution in [3.05, 3.63) is 11.6 Å². The number of nitrogens with zero attached hydrogens (tertiary/aromatic N) is 4. The van der Waals surface area contributed by atoms with Crippen LogP contribution in [0.5, 0.6) is 5.88 Å². The molecule has 4 heterocycles. The molecule has 5 atom stereocenters. The van der Waals surface area contributed by atoms with E-state index in [-0.39, 0.29) is 37.3 Å². The number of hydrogen-bond donors (Lipinski definition) is 0. The minimum atomic E-state index is -3.70. The second-order valence-corrected chi connectivity index (χ2v) is 10.8. The number of aromatic nitrogens is 4. The van der Waals surface area contributed by atoms with Crippen LogP contribution in [0.1, 0.15) is 33.7 Å². The van der Waals surface area contributed by atoms with Crippen LogP contribution in [0.25, 0.3) is 11.2 Å². The maximum atomic E-state index is 12.8. The van der Waals surface area contributed by atoms with E-state index in [1.54, 1.807) is 20.2 Å². The fourth-order valence-corrected chi connectivity index (χ4v) is 6.29. The summed E-state index contributed by atoms with van der Waals surface area (Å²) in [7, 11) is -2.20. The van der Waals surface area contributed by atoms with Crippen molar-refractivity contribution < 1.29 is 37.1 Å². The molecule has 1 spiro atoms. The highest BCUT2D eigenvalue weighted by molar-refractivity contribution is 7.48. The third-order valence-electron chi connectivity index (χ3n) is 6.35. The summed E-state index contributed by atoms with van der Waals surface area (Å²) < 4.78 is 54.9. The van der Waals surface area contributed by atoms with E-state index in [0.29, 0.717) is 23.7 Å². The lowest BCUT2D eigenvalue weighted by Crippen LogP contribution is -2.52. The molecular formula is C20H28ClN4O8P. The van der Waals surface area contributed by atoms with E-state index in [0.717, 1.165) is 0 Å². The summed E-state index contributed by atoms with van der Waals surface area (Å²) in [4.78, 5) is 12.9. The van der Waals surface area contributed by atoms with Gasteiger partial charge in [-0.3, -0.25) is 13.6 Å². The molecule has 3 unspecified atom stereocenters. The van der Waals surface area contributed by atoms with E-state index in [9.17, 15) is 4.57 Å². The number of halogens is 1. The number of hydrogen-bond acceptors (Lipinski definition) is 11. The van der Waals surface area contributed by atoms with Gasteiger partial charge in [-0.1, -0.05) is 0 Å². The van der Waals surface area contributed by atoms with Crippen LogP contribution in [0.4, 0.5) is 0 Å². The van der Waals surface area contributed by atoms with Crippen molar-refractivity contribution >= 4 is 30.6 Å². The van der Waals surface area contributed by atoms with E-state index >= 15 is 0 Å². The van der Waals surface area contributed by atoms with Crippen molar-refractivity contribution in [3.8, 4) is 5.88 Å². The molecule has 3 aliphatic rings. The smallest absolute Gasteiger partial charge is 0.474 e. The predicted molar refractivity (Wildman–Crippen MR) is 119 cm³/mol. The van der Waals surface area contributed by atoms with Gasteiger partial charge in [-0.25, -0.2) is 9.55 Å². The Morgan fingerprint density at radius 1 is 1.21 bits per heavy atom. The van der Waals surface area contributed by atoms with Crippen LogP contribution in [0.2, 0.25) is 5.28 Å². The Bertz CT molecular complexity index is 1120. The first-order valence-corrected chi connectivity index (χ1v) is 13.0. The Labute approximate surface area is 201 Å². The predicted octanol–water partition coefficient (Wildman–Crippen LogP) is 3.15. The van der Waals surface area contributed by atoms with Crippen molar-refractivity contribution in [2.45, 2.75) is 57.8 Å². The highest BCUT2D eigenvalue weighted by Crippen LogP contribution is 2.69. The Kier molecular flexibility index (Phi) is 6.18. The van der Waals surface area contributed by atoms with Crippen LogP contribution in [-0.2, 0) is 32.3 Å². The number of methoxy groups -OCH3 is 1. The molecule has 14 heteroatoms. The molecule has 12 nitrogen and oxygen atoms in total. The Balaban J connectivity index is 1.43. The number of phosphoric acid groups is 1. The van der Waals surface area contributed by atoms with Crippen molar-refractivity contribution in [2.75, 3.05) is 33.5 Å². The topological polar surface area (TPSA) is 125 Å². The van der Waals surface area contributed by atoms with E-state index in [2.05, 4.69) is 15.0 Å². The average molecular weight is 519 g/mol. The Morgan fingerprint density at radius 3 is 2.62 bits per heavy atom. The Hall–Kier alpha value is -1.37. The molecule has 0 bridgehead atoms. The molecular weight excluding hydrogens is 491 g/mol. The molecule has 2 aliphatic heterocycles. The molecule has 0 amide bonds. The summed E-state index contributed by atoms with van der Waals surface area (Å²) >= 11 is 6.12. The lowest BCUT2D eigenvalue weighted by molar-refractivity contribution is -0.305. The molecule has 2 aromatic heterocycles. The summed E-state index contributed by atoms with van der Waals surface area (Å²) in [6, 6.07) is -0.170. The lowest BCUT2D eigenvalue weighted by atomic mass is 9.94. The van der Waals surface area contributed by atoms with Crippen LogP contribution in [0.15, 0.2) is 6.33 Å². The molecule has 0 radical (unpaired) electrons. The van der Waals surface area contributed by atoms with Crippen molar-refractivity contribution in [3.63, 3.8) is 0 Å². The van der Waals surface area contributed by atoms with Gasteiger partial charge in [-0.15, -0.1) is 0 Å². The molecule has 2 aromatic rings. The van der Waals surface area contributed by atoms with Crippen LogP contribution in [0, 0.1) is 5.41 Å². The molecule has 188 valence electrons. The second-order valence-electron chi connectivity index (χ2n) is 8.78. The maximum absolute atomic E-state index is 12.8. The van der Waals surface area contributed by atoms with Gasteiger partial charge in [-0.05, 0) is 39.3 Å². The van der Waals surface area contributed by atoms with E-state index in [4.69, 9.17) is 44.1 Å². The summed E-state index contributed by atoms with van der Waals surface area (Å²) in [6.45, 7) is 7.90. The zero-order valence-corrected chi connectivity index (χ0v) is 21.2. The number of rotatable bonds is 9. The summed E-state index contributed by atoms with van der Waals surface area (Å²) in [5, 5.41) is 0.0537. The first-order valence-electron chi connectivity index (χ1n) is 11.1. The first kappa shape index (κ1) is 24.3. The Morgan fingerprint density at radius 2 is 1.94 bits per heavy atom. The number of phosphoric ester groups is 1. The van der Waals surface area contributed by atoms with Gasteiger partial charge in [0.05, 0.1) is 57.4 Å². The van der Waals surface area contributed by atoms with Crippen LogP contribution < -0.4 is 4.74 Å². The SMILES string of the molecule is CCOP(=O)(OCC)OC[C@H]1O[C@H]2C(n3cnc4c(OC)nc(Cl)nc43)C23COC(C)(C)OC13. The van der Waals surface area contributed by atoms with Gasteiger partial charge in [0.25, 0.3) is 0 Å². The van der Waals surface area contributed by atoms with Crippen molar-refractivity contribution in [1.82, 2.24) is 19.5 Å². The third kappa shape index (κ3) is 3.84. The number of imidazole rings is 1. The first-order chi connectivity index (χ1) is 16.2. The molecule has 34 heavy (non-hydrogen) atoms. The van der Waals surface area contributed by atoms with Gasteiger partial charge in [0.2, 0.25) is 11.2 Å². The van der Waals surface area contributed by atoms with E-state index in [1.165, 1.54) is 7.11 Å². The highest BCUT2D eigenvalue weighted by Gasteiger charge is 2.80. The van der Waals surface area contributed by atoms with Gasteiger partial charge in [-0.2, -0.15) is 9.97 Å². The monoisotopic (exact) mass is 518 g/mol. The van der Waals surface area contributed by atoms with Gasteiger partial charge in [0.15, 0.2) is 17.0 Å². The van der Waals surface area contributed by atoms with Gasteiger partial charge in [0.1, 0.15) is 12.2 Å². The minimum Gasteiger partial charge on any atom is -0.479 e. The summed E-state index contributed by atoms with van der Waals surface area (Å²) in [5.74, 6) is -0.532. The second kappa shape index (κ2) is 8.63. The molecule has 3 fully saturated rings. The molecule has 1 aliphatic carbocycles. The van der Waals surface area contributed by atoms with E-state index in [1.807, 2.05) is 18.4 Å². The average Bonchev–Trinajstić information content (AvgIpc) is 3.03. The third-order valence-corrected chi connectivity index (χ3v) is 8.14. The van der Waals surface area contributed by atoms with E-state index < -0.39 is 31.2 Å². The van der Waals surface area contributed by atoms with Gasteiger partial charge < -0.3 is 23.5 Å². The van der Waals surface area contributed by atoms with Crippen LogP contribution >= 0.6 is 19.4 Å². The van der Waals surface area contributed by atoms with Gasteiger partial charge >= 0.3 is 7.82 Å². The summed E-state index contributed by atoms with van der Waals surface area (Å²) in [6.07, 6.45) is 0.499. The maximum Gasteiger partial charge on any atom is 0.474 e. The lowest BCUT2D eigenvalue weighted by Gasteiger charge is -2.42. The molecule has 5 rings (SSSR count). The van der Waals surface area contributed by atoms with Gasteiger partial charge in [0, 0.05) is 0 Å². The fourth-order valence-electron chi connectivity index (χ4n) is 4.95. The van der Waals surface area contributed by atoms with Crippen LogP contribution in [-0.4, -0.2) is 77.2 Å². The molecule has 1 saturated carbocycles. The zero-order chi connectivity index (χ0) is 24.3. The minimum absolute atomic E-state index is 0.0184. The quantitative estimate of drug-likeness (QED) is 0.359. The highest BCUT2D eigenvalue weighted by atomic mass is 35.5. The molecule has 2 saturated heterocycles. The zero-order valence-electron chi connectivity index (χ0n) is 19.6. The molecule has 0 N–H and O–H groups in total. The summed E-state index contributed by atoms with van der Waals surface area (Å²) in [5.41, 5.74) is 0.517. The normalized spacial score (nSPS) is 31.9. The molecule has 0 aromatic carbocycles. The van der Waals surface area contributed by atoms with Crippen molar-refractivity contribution in [1.29, 1.82) is 0 Å². The number of ether oxygens (including phenoxy) is 4. The van der Waals surface area contributed by atoms with Crippen molar-refractivity contribution in [2.24, 2.45) is 5.41 Å². The largest absolute Gasteiger partial charge is 0.479 e. The standard InChI is InChI=1S/C20H28ClN4O8P/c1-6-29-34(26,30-7-2)31-8-11-14-20(9-28-19(3,4)33-14)13(15(20)32-11)25-10-22-12-16(25)23-18(21)24-17(12)27-5/h10-11,13-15H,6-9H2,1-5H3/t11-,13?,14?,15+,20?/m1/s1.